The lowest BCUT2D eigenvalue weighted by Crippen LogP contribution is -2.52. The normalized spacial score (nSPS) is 24.9. The predicted octanol–water partition coefficient (Wildman–Crippen LogP) is 1.60. The number of esters is 1. The van der Waals surface area contributed by atoms with Gasteiger partial charge in [-0.15, -0.1) is 0 Å². The van der Waals surface area contributed by atoms with Crippen molar-refractivity contribution in [1.82, 2.24) is 5.32 Å². The molecular formula is C15H28N2O3. The fourth-order valence-corrected chi connectivity index (χ4v) is 2.42. The first-order valence-electron chi connectivity index (χ1n) is 7.48. The van der Waals surface area contributed by atoms with Crippen LogP contribution in [0, 0.1) is 11.3 Å². The van der Waals surface area contributed by atoms with Gasteiger partial charge < -0.3 is 15.8 Å². The quantitative estimate of drug-likeness (QED) is 0.768. The lowest BCUT2D eigenvalue weighted by molar-refractivity contribution is -0.149. The third-order valence-electron chi connectivity index (χ3n) is 3.91. The Morgan fingerprint density at radius 3 is 2.25 bits per heavy atom. The summed E-state index contributed by atoms with van der Waals surface area (Å²) in [5.74, 6) is -0.222. The maximum Gasteiger partial charge on any atom is 0.308 e. The maximum atomic E-state index is 12.0. The van der Waals surface area contributed by atoms with Gasteiger partial charge >= 0.3 is 5.97 Å². The predicted molar refractivity (Wildman–Crippen MR) is 78.0 cm³/mol. The SMILES string of the molecule is CCOC(=O)C1CCC(NC(=O)[C@@H](N)C(C)(C)C)CC1. The Morgan fingerprint density at radius 2 is 1.80 bits per heavy atom. The van der Waals surface area contributed by atoms with Gasteiger partial charge in [0, 0.05) is 6.04 Å². The van der Waals surface area contributed by atoms with E-state index < -0.39 is 6.04 Å². The average Bonchev–Trinajstić information content (AvgIpc) is 2.37. The molecule has 0 spiro atoms. The van der Waals surface area contributed by atoms with Gasteiger partial charge in [0.05, 0.1) is 18.6 Å². The molecule has 1 saturated carbocycles. The molecule has 5 nitrogen and oxygen atoms in total. The number of nitrogens with one attached hydrogen (secondary N) is 1. The van der Waals surface area contributed by atoms with Crippen LogP contribution in [0.15, 0.2) is 0 Å². The van der Waals surface area contributed by atoms with Gasteiger partial charge in [0.2, 0.25) is 5.91 Å². The number of ether oxygens (including phenoxy) is 1. The van der Waals surface area contributed by atoms with Crippen molar-refractivity contribution in [3.8, 4) is 0 Å². The zero-order valence-electron chi connectivity index (χ0n) is 13.1. The average molecular weight is 284 g/mol. The van der Waals surface area contributed by atoms with Crippen molar-refractivity contribution >= 4 is 11.9 Å². The molecular weight excluding hydrogens is 256 g/mol. The standard InChI is InChI=1S/C15H28N2O3/c1-5-20-14(19)10-6-8-11(9-7-10)17-13(18)12(16)15(2,3)4/h10-12H,5-9,16H2,1-4H3,(H,17,18)/t10?,11?,12-/m1/s1. The zero-order valence-corrected chi connectivity index (χ0v) is 13.1. The molecule has 1 aliphatic rings. The summed E-state index contributed by atoms with van der Waals surface area (Å²) in [7, 11) is 0. The largest absolute Gasteiger partial charge is 0.466 e. The molecule has 3 N–H and O–H groups in total. The molecule has 0 aromatic carbocycles. The van der Waals surface area contributed by atoms with E-state index in [4.69, 9.17) is 10.5 Å². The minimum atomic E-state index is -0.509. The van der Waals surface area contributed by atoms with Crippen molar-refractivity contribution in [3.63, 3.8) is 0 Å². The fraction of sp³-hybridized carbons (Fsp3) is 0.867. The van der Waals surface area contributed by atoms with Gasteiger partial charge in [-0.1, -0.05) is 20.8 Å². The highest BCUT2D eigenvalue weighted by molar-refractivity contribution is 5.82. The molecule has 1 amide bonds. The van der Waals surface area contributed by atoms with Crippen LogP contribution in [0.1, 0.15) is 53.4 Å². The van der Waals surface area contributed by atoms with Gasteiger partial charge in [-0.3, -0.25) is 9.59 Å². The van der Waals surface area contributed by atoms with E-state index in [9.17, 15) is 9.59 Å². The van der Waals surface area contributed by atoms with E-state index in [1.165, 1.54) is 0 Å². The van der Waals surface area contributed by atoms with Crippen LogP contribution in [-0.4, -0.2) is 30.6 Å². The van der Waals surface area contributed by atoms with Crippen LogP contribution in [0.4, 0.5) is 0 Å². The molecule has 0 bridgehead atoms. The second-order valence-electron chi connectivity index (χ2n) is 6.65. The number of rotatable bonds is 4. The van der Waals surface area contributed by atoms with E-state index in [1.54, 1.807) is 0 Å². The van der Waals surface area contributed by atoms with Crippen LogP contribution in [0.3, 0.4) is 0 Å². The molecule has 1 atom stereocenters. The van der Waals surface area contributed by atoms with E-state index in [0.29, 0.717) is 6.61 Å². The summed E-state index contributed by atoms with van der Waals surface area (Å²) in [6.07, 6.45) is 3.17. The highest BCUT2D eigenvalue weighted by Crippen LogP contribution is 2.26. The van der Waals surface area contributed by atoms with Crippen molar-refractivity contribution in [2.24, 2.45) is 17.1 Å². The molecule has 1 fully saturated rings. The second-order valence-corrected chi connectivity index (χ2v) is 6.65. The number of carbonyl (C=O) groups excluding carboxylic acids is 2. The van der Waals surface area contributed by atoms with Crippen molar-refractivity contribution in [2.75, 3.05) is 6.61 Å². The first-order chi connectivity index (χ1) is 9.25. The Balaban J connectivity index is 2.39. The van der Waals surface area contributed by atoms with Gasteiger partial charge in [0.15, 0.2) is 0 Å². The van der Waals surface area contributed by atoms with Crippen LogP contribution in [0.25, 0.3) is 0 Å². The molecule has 1 aliphatic carbocycles. The summed E-state index contributed by atoms with van der Waals surface area (Å²) in [4.78, 5) is 23.7. The molecule has 0 saturated heterocycles. The zero-order chi connectivity index (χ0) is 15.3. The van der Waals surface area contributed by atoms with Crippen molar-refractivity contribution in [1.29, 1.82) is 0 Å². The van der Waals surface area contributed by atoms with E-state index >= 15 is 0 Å². The number of amides is 1. The molecule has 0 aromatic heterocycles. The van der Waals surface area contributed by atoms with Crippen LogP contribution in [0.5, 0.6) is 0 Å². The molecule has 20 heavy (non-hydrogen) atoms. The monoisotopic (exact) mass is 284 g/mol. The molecule has 0 aromatic rings. The smallest absolute Gasteiger partial charge is 0.308 e. The van der Waals surface area contributed by atoms with Crippen molar-refractivity contribution in [3.05, 3.63) is 0 Å². The van der Waals surface area contributed by atoms with Gasteiger partial charge in [-0.2, -0.15) is 0 Å². The summed E-state index contributed by atoms with van der Waals surface area (Å²) in [6.45, 7) is 8.10. The topological polar surface area (TPSA) is 81.4 Å². The lowest BCUT2D eigenvalue weighted by atomic mass is 9.84. The van der Waals surface area contributed by atoms with Crippen LogP contribution in [-0.2, 0) is 14.3 Å². The summed E-state index contributed by atoms with van der Waals surface area (Å²) < 4.78 is 5.03. The van der Waals surface area contributed by atoms with Gasteiger partial charge in [-0.05, 0) is 38.0 Å². The van der Waals surface area contributed by atoms with Crippen LogP contribution < -0.4 is 11.1 Å². The fourth-order valence-electron chi connectivity index (χ4n) is 2.42. The third kappa shape index (κ3) is 4.78. The number of hydrogen-bond acceptors (Lipinski definition) is 4. The molecule has 116 valence electrons. The van der Waals surface area contributed by atoms with E-state index in [2.05, 4.69) is 5.32 Å². The van der Waals surface area contributed by atoms with E-state index in [-0.39, 0.29) is 29.3 Å². The number of nitrogens with two attached hydrogens (primary N) is 1. The first-order valence-corrected chi connectivity index (χ1v) is 7.48. The Hall–Kier alpha value is -1.10. The summed E-state index contributed by atoms with van der Waals surface area (Å²) in [5, 5.41) is 3.00. The van der Waals surface area contributed by atoms with Crippen molar-refractivity contribution in [2.45, 2.75) is 65.5 Å². The minimum Gasteiger partial charge on any atom is -0.466 e. The molecule has 0 radical (unpaired) electrons. The minimum absolute atomic E-state index is 0.0145. The van der Waals surface area contributed by atoms with Gasteiger partial charge in [0.25, 0.3) is 0 Å². The lowest BCUT2D eigenvalue weighted by Gasteiger charge is -2.31. The number of hydrogen-bond donors (Lipinski definition) is 2. The number of carbonyl (C=O) groups is 2. The highest BCUT2D eigenvalue weighted by atomic mass is 16.5. The first kappa shape index (κ1) is 17.0. The molecule has 0 aliphatic heterocycles. The summed E-state index contributed by atoms with van der Waals surface area (Å²) in [5.41, 5.74) is 5.70. The molecule has 0 heterocycles. The highest BCUT2D eigenvalue weighted by Gasteiger charge is 2.31. The van der Waals surface area contributed by atoms with Gasteiger partial charge in [0.1, 0.15) is 0 Å². The van der Waals surface area contributed by atoms with Gasteiger partial charge in [-0.25, -0.2) is 0 Å². The van der Waals surface area contributed by atoms with Crippen LogP contribution >= 0.6 is 0 Å². The van der Waals surface area contributed by atoms with Crippen LogP contribution in [0.2, 0.25) is 0 Å². The molecule has 0 unspecified atom stereocenters. The second kappa shape index (κ2) is 7.07. The Kier molecular flexibility index (Phi) is 5.99. The Morgan fingerprint density at radius 1 is 1.25 bits per heavy atom. The Bertz CT molecular complexity index is 342. The van der Waals surface area contributed by atoms with E-state index in [1.807, 2.05) is 27.7 Å². The molecule has 5 heteroatoms. The third-order valence-corrected chi connectivity index (χ3v) is 3.91. The Labute approximate surface area is 121 Å². The van der Waals surface area contributed by atoms with Crippen molar-refractivity contribution < 1.29 is 14.3 Å². The molecule has 1 rings (SSSR count). The summed E-state index contributed by atoms with van der Waals surface area (Å²) >= 11 is 0. The van der Waals surface area contributed by atoms with E-state index in [0.717, 1.165) is 25.7 Å². The summed E-state index contributed by atoms with van der Waals surface area (Å²) in [6, 6.07) is -0.383. The maximum absolute atomic E-state index is 12.0.